The highest BCUT2D eigenvalue weighted by atomic mass is 32.1. The van der Waals surface area contributed by atoms with Gasteiger partial charge in [0.15, 0.2) is 0 Å². The van der Waals surface area contributed by atoms with E-state index in [1.54, 1.807) is 24.6 Å². The van der Waals surface area contributed by atoms with Crippen LogP contribution in [0.1, 0.15) is 5.56 Å². The molecule has 3 nitrogen and oxygen atoms in total. The Labute approximate surface area is 92.0 Å². The molecule has 1 N–H and O–H groups in total. The molecule has 4 heteroatoms. The van der Waals surface area contributed by atoms with Crippen molar-refractivity contribution in [2.24, 2.45) is 0 Å². The highest BCUT2D eigenvalue weighted by Gasteiger charge is 2.10. The first kappa shape index (κ1) is 9.69. The summed E-state index contributed by atoms with van der Waals surface area (Å²) in [5, 5.41) is 14.0. The predicted molar refractivity (Wildman–Crippen MR) is 61.8 cm³/mol. The van der Waals surface area contributed by atoms with E-state index >= 15 is 0 Å². The maximum absolute atomic E-state index is 9.10. The van der Waals surface area contributed by atoms with Crippen molar-refractivity contribution in [1.29, 1.82) is 5.26 Å². The van der Waals surface area contributed by atoms with Crippen LogP contribution in [0.5, 0.6) is 0 Å². The number of nitrogens with one attached hydrogen (secondary N) is 1. The minimum Gasteiger partial charge on any atom is -0.372 e. The van der Waals surface area contributed by atoms with Gasteiger partial charge in [-0.25, -0.2) is 4.98 Å². The van der Waals surface area contributed by atoms with Crippen molar-refractivity contribution in [3.8, 4) is 16.5 Å². The molecule has 0 aliphatic carbocycles. The number of pyridine rings is 1. The number of thiophene rings is 1. The van der Waals surface area contributed by atoms with Crippen LogP contribution in [-0.4, -0.2) is 12.0 Å². The second-order valence-electron chi connectivity index (χ2n) is 2.92. The maximum Gasteiger partial charge on any atom is 0.144 e. The van der Waals surface area contributed by atoms with Gasteiger partial charge in [0.05, 0.1) is 0 Å². The third-order valence-corrected chi connectivity index (χ3v) is 2.99. The van der Waals surface area contributed by atoms with Crippen LogP contribution in [0.4, 0.5) is 5.82 Å². The molecule has 0 saturated carbocycles. The van der Waals surface area contributed by atoms with Crippen LogP contribution in [0.15, 0.2) is 29.8 Å². The Morgan fingerprint density at radius 3 is 2.93 bits per heavy atom. The van der Waals surface area contributed by atoms with Crippen molar-refractivity contribution in [3.05, 3.63) is 35.3 Å². The molecule has 0 fully saturated rings. The highest BCUT2D eigenvalue weighted by molar-refractivity contribution is 7.13. The van der Waals surface area contributed by atoms with Crippen molar-refractivity contribution >= 4 is 17.2 Å². The first-order valence-corrected chi connectivity index (χ1v) is 5.35. The fourth-order valence-electron chi connectivity index (χ4n) is 1.40. The lowest BCUT2D eigenvalue weighted by Gasteiger charge is -2.05. The van der Waals surface area contributed by atoms with Gasteiger partial charge in [-0.15, -0.1) is 11.3 Å². The summed E-state index contributed by atoms with van der Waals surface area (Å²) < 4.78 is 0. The van der Waals surface area contributed by atoms with E-state index < -0.39 is 0 Å². The Morgan fingerprint density at radius 2 is 2.33 bits per heavy atom. The van der Waals surface area contributed by atoms with E-state index in [4.69, 9.17) is 5.26 Å². The van der Waals surface area contributed by atoms with E-state index in [0.717, 1.165) is 10.4 Å². The van der Waals surface area contributed by atoms with Gasteiger partial charge in [-0.3, -0.25) is 0 Å². The summed E-state index contributed by atoms with van der Waals surface area (Å²) in [7, 11) is 1.77. The summed E-state index contributed by atoms with van der Waals surface area (Å²) in [6.45, 7) is 0. The van der Waals surface area contributed by atoms with Crippen molar-refractivity contribution in [2.45, 2.75) is 0 Å². The number of hydrogen-bond donors (Lipinski definition) is 1. The lowest BCUT2D eigenvalue weighted by atomic mass is 10.1. The number of nitriles is 1. The van der Waals surface area contributed by atoms with Crippen LogP contribution in [-0.2, 0) is 0 Å². The number of aromatic nitrogens is 1. The minimum absolute atomic E-state index is 0.599. The fraction of sp³-hybridized carbons (Fsp3) is 0.0909. The summed E-state index contributed by atoms with van der Waals surface area (Å²) >= 11 is 1.62. The summed E-state index contributed by atoms with van der Waals surface area (Å²) in [5.41, 5.74) is 1.54. The monoisotopic (exact) mass is 215 g/mol. The molecule has 0 saturated heterocycles. The zero-order valence-corrected chi connectivity index (χ0v) is 9.01. The van der Waals surface area contributed by atoms with E-state index in [1.807, 2.05) is 23.6 Å². The van der Waals surface area contributed by atoms with Gasteiger partial charge >= 0.3 is 0 Å². The van der Waals surface area contributed by atoms with Gasteiger partial charge in [-0.2, -0.15) is 5.26 Å². The third kappa shape index (κ3) is 1.69. The quantitative estimate of drug-likeness (QED) is 0.838. The first-order chi connectivity index (χ1) is 7.36. The Balaban J connectivity index is 2.63. The lowest BCUT2D eigenvalue weighted by molar-refractivity contribution is 1.27. The van der Waals surface area contributed by atoms with Crippen LogP contribution >= 0.6 is 11.3 Å². The molecule has 0 spiro atoms. The van der Waals surface area contributed by atoms with Gasteiger partial charge in [0.1, 0.15) is 17.5 Å². The van der Waals surface area contributed by atoms with Crippen molar-refractivity contribution < 1.29 is 0 Å². The number of anilines is 1. The van der Waals surface area contributed by atoms with Crippen LogP contribution in [0.25, 0.3) is 10.4 Å². The number of hydrogen-bond acceptors (Lipinski definition) is 4. The molecule has 0 atom stereocenters. The number of rotatable bonds is 2. The Bertz CT molecular complexity index is 497. The maximum atomic E-state index is 9.10. The van der Waals surface area contributed by atoms with Crippen LogP contribution in [0.3, 0.4) is 0 Å². The second-order valence-corrected chi connectivity index (χ2v) is 3.87. The standard InChI is InChI=1S/C11H9N3S/c1-13-11-9(7-12)8(4-5-14-11)10-3-2-6-15-10/h2-6H,1H3,(H,13,14). The van der Waals surface area contributed by atoms with E-state index in [1.165, 1.54) is 0 Å². The van der Waals surface area contributed by atoms with Gasteiger partial charge in [0.2, 0.25) is 0 Å². The van der Waals surface area contributed by atoms with Gasteiger partial charge in [-0.1, -0.05) is 6.07 Å². The molecule has 0 bridgehead atoms. The zero-order chi connectivity index (χ0) is 10.7. The summed E-state index contributed by atoms with van der Waals surface area (Å²) in [5.74, 6) is 0.628. The Kier molecular flexibility index (Phi) is 2.66. The molecule has 2 heterocycles. The second kappa shape index (κ2) is 4.11. The van der Waals surface area contributed by atoms with Crippen molar-refractivity contribution in [3.63, 3.8) is 0 Å². The molecular weight excluding hydrogens is 206 g/mol. The topological polar surface area (TPSA) is 48.7 Å². The predicted octanol–water partition coefficient (Wildman–Crippen LogP) is 2.72. The minimum atomic E-state index is 0.599. The van der Waals surface area contributed by atoms with E-state index in [0.29, 0.717) is 11.4 Å². The molecule has 2 rings (SSSR count). The van der Waals surface area contributed by atoms with Crippen LogP contribution in [0.2, 0.25) is 0 Å². The van der Waals surface area contributed by atoms with E-state index in [2.05, 4.69) is 16.4 Å². The molecular formula is C11H9N3S. The molecule has 2 aromatic rings. The van der Waals surface area contributed by atoms with Crippen LogP contribution < -0.4 is 5.32 Å². The molecule has 15 heavy (non-hydrogen) atoms. The van der Waals surface area contributed by atoms with Crippen LogP contribution in [0, 0.1) is 11.3 Å². The smallest absolute Gasteiger partial charge is 0.144 e. The lowest BCUT2D eigenvalue weighted by Crippen LogP contribution is -1.97. The highest BCUT2D eigenvalue weighted by Crippen LogP contribution is 2.30. The first-order valence-electron chi connectivity index (χ1n) is 4.47. The molecule has 0 unspecified atom stereocenters. The average molecular weight is 215 g/mol. The number of nitrogens with zero attached hydrogens (tertiary/aromatic N) is 2. The van der Waals surface area contributed by atoms with Gasteiger partial charge < -0.3 is 5.32 Å². The molecule has 0 aliphatic rings. The van der Waals surface area contributed by atoms with Crippen molar-refractivity contribution in [2.75, 3.05) is 12.4 Å². The average Bonchev–Trinajstić information content (AvgIpc) is 2.81. The van der Waals surface area contributed by atoms with E-state index in [9.17, 15) is 0 Å². The summed E-state index contributed by atoms with van der Waals surface area (Å²) in [6.07, 6.45) is 1.71. The third-order valence-electron chi connectivity index (χ3n) is 2.09. The van der Waals surface area contributed by atoms with Gasteiger partial charge in [0.25, 0.3) is 0 Å². The van der Waals surface area contributed by atoms with Gasteiger partial charge in [0, 0.05) is 23.7 Å². The Morgan fingerprint density at radius 1 is 1.47 bits per heavy atom. The normalized spacial score (nSPS) is 9.60. The summed E-state index contributed by atoms with van der Waals surface area (Å²) in [4.78, 5) is 5.20. The molecule has 74 valence electrons. The summed E-state index contributed by atoms with van der Waals surface area (Å²) in [6, 6.07) is 8.02. The van der Waals surface area contributed by atoms with Crippen molar-refractivity contribution in [1.82, 2.24) is 4.98 Å². The molecule has 0 amide bonds. The Hall–Kier alpha value is -1.86. The van der Waals surface area contributed by atoms with Gasteiger partial charge in [-0.05, 0) is 17.5 Å². The fourth-order valence-corrected chi connectivity index (χ4v) is 2.16. The SMILES string of the molecule is CNc1nccc(-c2cccs2)c1C#N. The molecule has 0 aliphatic heterocycles. The van der Waals surface area contributed by atoms with E-state index in [-0.39, 0.29) is 0 Å². The molecule has 2 aromatic heterocycles. The largest absolute Gasteiger partial charge is 0.372 e. The zero-order valence-electron chi connectivity index (χ0n) is 8.19. The molecule has 0 aromatic carbocycles. The molecule has 0 radical (unpaired) electrons.